The number of phenolic OH excluding ortho intramolecular Hbond substituents is 1. The van der Waals surface area contributed by atoms with Gasteiger partial charge in [-0.1, -0.05) is 45.2 Å². The number of rotatable bonds is 2. The first kappa shape index (κ1) is 13.1. The summed E-state index contributed by atoms with van der Waals surface area (Å²) in [5.41, 5.74) is 2.20. The number of aromatic hydroxyl groups is 1. The van der Waals surface area contributed by atoms with Gasteiger partial charge in [0.2, 0.25) is 0 Å². The molecule has 2 aromatic rings. The lowest BCUT2D eigenvalue weighted by molar-refractivity contribution is 0.476. The van der Waals surface area contributed by atoms with E-state index in [1.54, 1.807) is 12.1 Å². The molecule has 0 aliphatic rings. The van der Waals surface area contributed by atoms with Crippen molar-refractivity contribution in [2.75, 3.05) is 0 Å². The van der Waals surface area contributed by atoms with Crippen molar-refractivity contribution in [1.82, 2.24) is 0 Å². The standard InChI is InChI=1S/C13H10BrClN2O/c1-8-2-4-10(5-3-8)16-17-12-7-9(14)6-11(15)13(12)18/h2-7,18H,1H3. The van der Waals surface area contributed by atoms with Crippen LogP contribution in [-0.2, 0) is 0 Å². The van der Waals surface area contributed by atoms with Crippen molar-refractivity contribution in [2.24, 2.45) is 10.2 Å². The molecule has 2 rings (SSSR count). The first-order chi connectivity index (χ1) is 8.56. The van der Waals surface area contributed by atoms with Crippen molar-refractivity contribution in [3.05, 3.63) is 51.5 Å². The fraction of sp³-hybridized carbons (Fsp3) is 0.0769. The van der Waals surface area contributed by atoms with Crippen LogP contribution in [0.25, 0.3) is 0 Å². The predicted octanol–water partition coefficient (Wildman–Crippen LogP) is 5.53. The number of nitrogens with zero attached hydrogens (tertiary/aromatic N) is 2. The normalized spacial score (nSPS) is 11.1. The fourth-order valence-electron chi connectivity index (χ4n) is 1.35. The maximum Gasteiger partial charge on any atom is 0.161 e. The lowest BCUT2D eigenvalue weighted by Gasteiger charge is -2.01. The van der Waals surface area contributed by atoms with E-state index in [9.17, 15) is 5.11 Å². The monoisotopic (exact) mass is 324 g/mol. The maximum atomic E-state index is 9.74. The number of halogens is 2. The second-order valence-electron chi connectivity index (χ2n) is 3.79. The average Bonchev–Trinajstić information content (AvgIpc) is 2.34. The zero-order valence-electron chi connectivity index (χ0n) is 9.56. The second kappa shape index (κ2) is 5.50. The van der Waals surface area contributed by atoms with Gasteiger partial charge >= 0.3 is 0 Å². The summed E-state index contributed by atoms with van der Waals surface area (Å²) >= 11 is 9.13. The summed E-state index contributed by atoms with van der Waals surface area (Å²) in [6, 6.07) is 10.9. The topological polar surface area (TPSA) is 45.0 Å². The van der Waals surface area contributed by atoms with Gasteiger partial charge in [-0.15, -0.1) is 5.11 Å². The van der Waals surface area contributed by atoms with Gasteiger partial charge in [0.05, 0.1) is 10.7 Å². The molecule has 2 aromatic carbocycles. The molecule has 0 aliphatic carbocycles. The van der Waals surface area contributed by atoms with Gasteiger partial charge in [-0.05, 0) is 31.2 Å². The molecule has 0 aromatic heterocycles. The van der Waals surface area contributed by atoms with Crippen molar-refractivity contribution in [3.63, 3.8) is 0 Å². The van der Waals surface area contributed by atoms with E-state index in [-0.39, 0.29) is 10.8 Å². The minimum Gasteiger partial charge on any atom is -0.504 e. The molecule has 0 heterocycles. The highest BCUT2D eigenvalue weighted by Crippen LogP contribution is 2.37. The van der Waals surface area contributed by atoms with Gasteiger partial charge in [0.15, 0.2) is 5.75 Å². The van der Waals surface area contributed by atoms with Crippen LogP contribution < -0.4 is 0 Å². The highest BCUT2D eigenvalue weighted by molar-refractivity contribution is 9.10. The summed E-state index contributed by atoms with van der Waals surface area (Å²) in [6.07, 6.45) is 0. The van der Waals surface area contributed by atoms with Crippen LogP contribution in [0.5, 0.6) is 5.75 Å². The first-order valence-corrected chi connectivity index (χ1v) is 6.40. The Morgan fingerprint density at radius 2 is 1.78 bits per heavy atom. The van der Waals surface area contributed by atoms with Crippen LogP contribution in [0.3, 0.4) is 0 Å². The number of phenols is 1. The Balaban J connectivity index is 2.31. The summed E-state index contributed by atoms with van der Waals surface area (Å²) in [4.78, 5) is 0. The van der Waals surface area contributed by atoms with Crippen molar-refractivity contribution in [3.8, 4) is 5.75 Å². The van der Waals surface area contributed by atoms with Crippen LogP contribution in [0.15, 0.2) is 51.1 Å². The van der Waals surface area contributed by atoms with Crippen molar-refractivity contribution >= 4 is 38.9 Å². The van der Waals surface area contributed by atoms with E-state index in [1.807, 2.05) is 31.2 Å². The van der Waals surface area contributed by atoms with Crippen LogP contribution >= 0.6 is 27.5 Å². The van der Waals surface area contributed by atoms with Crippen molar-refractivity contribution in [1.29, 1.82) is 0 Å². The molecule has 0 radical (unpaired) electrons. The van der Waals surface area contributed by atoms with E-state index in [0.29, 0.717) is 5.69 Å². The van der Waals surface area contributed by atoms with Gasteiger partial charge < -0.3 is 5.11 Å². The number of azo groups is 1. The molecule has 0 aliphatic heterocycles. The molecule has 0 fully saturated rings. The molecule has 0 atom stereocenters. The highest BCUT2D eigenvalue weighted by atomic mass is 79.9. The molecule has 5 heteroatoms. The van der Waals surface area contributed by atoms with Crippen LogP contribution in [0, 0.1) is 6.92 Å². The quantitative estimate of drug-likeness (QED) is 0.725. The summed E-state index contributed by atoms with van der Waals surface area (Å²) in [7, 11) is 0. The van der Waals surface area contributed by atoms with E-state index in [0.717, 1.165) is 15.7 Å². The zero-order chi connectivity index (χ0) is 13.1. The largest absolute Gasteiger partial charge is 0.504 e. The third-order valence-corrected chi connectivity index (χ3v) is 3.06. The Morgan fingerprint density at radius 3 is 2.44 bits per heavy atom. The van der Waals surface area contributed by atoms with E-state index >= 15 is 0 Å². The molecule has 0 bridgehead atoms. The summed E-state index contributed by atoms with van der Waals surface area (Å²) in [5.74, 6) is -0.0734. The smallest absolute Gasteiger partial charge is 0.161 e. The van der Waals surface area contributed by atoms with E-state index < -0.39 is 0 Å². The van der Waals surface area contributed by atoms with Crippen LogP contribution in [0.1, 0.15) is 5.56 Å². The number of benzene rings is 2. The number of hydrogen-bond donors (Lipinski definition) is 1. The molecule has 92 valence electrons. The van der Waals surface area contributed by atoms with Gasteiger partial charge in [0, 0.05) is 4.47 Å². The lowest BCUT2D eigenvalue weighted by atomic mass is 10.2. The Hall–Kier alpha value is -1.39. The minimum absolute atomic E-state index is 0.0734. The molecule has 0 saturated carbocycles. The maximum absolute atomic E-state index is 9.74. The SMILES string of the molecule is Cc1ccc(N=Nc2cc(Br)cc(Cl)c2O)cc1. The fourth-order valence-corrected chi connectivity index (χ4v) is 2.14. The van der Waals surface area contributed by atoms with E-state index in [4.69, 9.17) is 11.6 Å². The third-order valence-electron chi connectivity index (χ3n) is 2.32. The summed E-state index contributed by atoms with van der Waals surface area (Å²) in [6.45, 7) is 2.00. The minimum atomic E-state index is -0.0734. The van der Waals surface area contributed by atoms with Crippen LogP contribution in [-0.4, -0.2) is 5.11 Å². The highest BCUT2D eigenvalue weighted by Gasteiger charge is 2.06. The molecule has 0 unspecified atom stereocenters. The molecule has 0 spiro atoms. The summed E-state index contributed by atoms with van der Waals surface area (Å²) in [5, 5.41) is 18.0. The predicted molar refractivity (Wildman–Crippen MR) is 76.2 cm³/mol. The van der Waals surface area contributed by atoms with Crippen LogP contribution in [0.2, 0.25) is 5.02 Å². The van der Waals surface area contributed by atoms with Crippen LogP contribution in [0.4, 0.5) is 11.4 Å². The van der Waals surface area contributed by atoms with E-state index in [2.05, 4.69) is 26.2 Å². The van der Waals surface area contributed by atoms with Gasteiger partial charge in [-0.25, -0.2) is 0 Å². The van der Waals surface area contributed by atoms with Crippen molar-refractivity contribution < 1.29 is 5.11 Å². The molecular weight excluding hydrogens is 316 g/mol. The second-order valence-corrected chi connectivity index (χ2v) is 5.11. The Labute approximate surface area is 118 Å². The first-order valence-electron chi connectivity index (χ1n) is 5.22. The van der Waals surface area contributed by atoms with Gasteiger partial charge in [-0.2, -0.15) is 5.11 Å². The van der Waals surface area contributed by atoms with Gasteiger partial charge in [0.1, 0.15) is 5.69 Å². The number of aryl methyl sites for hydroxylation is 1. The Bertz CT molecular complexity index is 597. The Kier molecular flexibility index (Phi) is 3.99. The summed E-state index contributed by atoms with van der Waals surface area (Å²) < 4.78 is 0.739. The molecule has 18 heavy (non-hydrogen) atoms. The Morgan fingerprint density at radius 1 is 1.11 bits per heavy atom. The van der Waals surface area contributed by atoms with E-state index in [1.165, 1.54) is 0 Å². The van der Waals surface area contributed by atoms with Gasteiger partial charge in [-0.3, -0.25) is 0 Å². The molecular formula is C13H10BrClN2O. The molecule has 1 N–H and O–H groups in total. The molecule has 0 amide bonds. The third kappa shape index (κ3) is 3.09. The average molecular weight is 326 g/mol. The van der Waals surface area contributed by atoms with Crippen molar-refractivity contribution in [2.45, 2.75) is 6.92 Å². The zero-order valence-corrected chi connectivity index (χ0v) is 11.9. The molecule has 0 saturated heterocycles. The molecule has 3 nitrogen and oxygen atoms in total. The number of hydrogen-bond acceptors (Lipinski definition) is 3. The lowest BCUT2D eigenvalue weighted by Crippen LogP contribution is -1.73. The van der Waals surface area contributed by atoms with Gasteiger partial charge in [0.25, 0.3) is 0 Å².